The number of amides is 1. The summed E-state index contributed by atoms with van der Waals surface area (Å²) in [6, 6.07) is 7.44. The maximum atomic E-state index is 12.3. The van der Waals surface area contributed by atoms with Crippen molar-refractivity contribution in [2.45, 2.75) is 13.3 Å². The van der Waals surface area contributed by atoms with Crippen molar-refractivity contribution in [2.75, 3.05) is 36.2 Å². The van der Waals surface area contributed by atoms with Crippen LogP contribution in [-0.2, 0) is 4.79 Å². The van der Waals surface area contributed by atoms with Gasteiger partial charge < -0.3 is 25.4 Å². The van der Waals surface area contributed by atoms with E-state index in [1.54, 1.807) is 17.8 Å². The SMILES string of the molecule is C#C[C@H](C)CC(=O)Nc1cnn2c(NC)cc(Nc3cccc4c3OCCO4)nc12. The molecular formula is C21H22N6O3. The first kappa shape index (κ1) is 19.4. The predicted molar refractivity (Wildman–Crippen MR) is 114 cm³/mol. The normalized spacial score (nSPS) is 13.4. The van der Waals surface area contributed by atoms with Gasteiger partial charge in [0.1, 0.15) is 30.5 Å². The zero-order valence-electron chi connectivity index (χ0n) is 16.7. The van der Waals surface area contributed by atoms with Crippen LogP contribution < -0.4 is 25.4 Å². The minimum absolute atomic E-state index is 0.156. The van der Waals surface area contributed by atoms with Gasteiger partial charge in [0.15, 0.2) is 17.1 Å². The molecule has 4 rings (SSSR count). The summed E-state index contributed by atoms with van der Waals surface area (Å²) in [7, 11) is 1.79. The van der Waals surface area contributed by atoms with Crippen molar-refractivity contribution >= 4 is 34.6 Å². The van der Waals surface area contributed by atoms with Crippen molar-refractivity contribution in [3.8, 4) is 23.8 Å². The minimum Gasteiger partial charge on any atom is -0.486 e. The molecule has 1 atom stereocenters. The van der Waals surface area contributed by atoms with Gasteiger partial charge in [-0.15, -0.1) is 12.3 Å². The monoisotopic (exact) mass is 406 g/mol. The number of para-hydroxylation sites is 1. The highest BCUT2D eigenvalue weighted by molar-refractivity contribution is 5.94. The molecule has 0 radical (unpaired) electrons. The average Bonchev–Trinajstić information content (AvgIpc) is 3.15. The van der Waals surface area contributed by atoms with Gasteiger partial charge >= 0.3 is 0 Å². The number of hydrogen-bond donors (Lipinski definition) is 3. The summed E-state index contributed by atoms with van der Waals surface area (Å²) in [6.45, 7) is 2.82. The molecule has 1 aromatic carbocycles. The molecule has 30 heavy (non-hydrogen) atoms. The second-order valence-electron chi connectivity index (χ2n) is 6.85. The smallest absolute Gasteiger partial charge is 0.225 e. The van der Waals surface area contributed by atoms with Crippen LogP contribution in [0.5, 0.6) is 11.5 Å². The van der Waals surface area contributed by atoms with Crippen LogP contribution in [0.4, 0.5) is 23.0 Å². The van der Waals surface area contributed by atoms with Gasteiger partial charge in [0.05, 0.1) is 11.9 Å². The molecule has 2 aromatic heterocycles. The molecule has 1 aliphatic heterocycles. The van der Waals surface area contributed by atoms with Crippen molar-refractivity contribution in [3.63, 3.8) is 0 Å². The molecule has 0 saturated carbocycles. The molecule has 3 heterocycles. The van der Waals surface area contributed by atoms with E-state index in [1.165, 1.54) is 0 Å². The summed E-state index contributed by atoms with van der Waals surface area (Å²) >= 11 is 0. The number of benzene rings is 1. The number of nitrogens with one attached hydrogen (secondary N) is 3. The third-order valence-corrected chi connectivity index (χ3v) is 4.61. The summed E-state index contributed by atoms with van der Waals surface area (Å²) < 4.78 is 13.0. The number of nitrogens with zero attached hydrogens (tertiary/aromatic N) is 3. The first-order valence-corrected chi connectivity index (χ1v) is 9.57. The van der Waals surface area contributed by atoms with Gasteiger partial charge in [0.25, 0.3) is 0 Å². The highest BCUT2D eigenvalue weighted by Gasteiger charge is 2.18. The lowest BCUT2D eigenvalue weighted by Gasteiger charge is -2.21. The van der Waals surface area contributed by atoms with Gasteiger partial charge in [-0.3, -0.25) is 4.79 Å². The highest BCUT2D eigenvalue weighted by atomic mass is 16.6. The fourth-order valence-corrected chi connectivity index (χ4v) is 3.14. The lowest BCUT2D eigenvalue weighted by Crippen LogP contribution is -2.16. The Morgan fingerprint density at radius 1 is 1.33 bits per heavy atom. The van der Waals surface area contributed by atoms with Crippen molar-refractivity contribution in [2.24, 2.45) is 5.92 Å². The maximum Gasteiger partial charge on any atom is 0.225 e. The Kier molecular flexibility index (Phi) is 5.30. The molecule has 9 nitrogen and oxygen atoms in total. The second-order valence-corrected chi connectivity index (χ2v) is 6.85. The zero-order chi connectivity index (χ0) is 21.1. The summed E-state index contributed by atoms with van der Waals surface area (Å²) in [4.78, 5) is 16.9. The van der Waals surface area contributed by atoms with Crippen LogP contribution in [0, 0.1) is 18.3 Å². The van der Waals surface area contributed by atoms with E-state index in [0.29, 0.717) is 47.7 Å². The maximum absolute atomic E-state index is 12.3. The van der Waals surface area contributed by atoms with Crippen molar-refractivity contribution in [3.05, 3.63) is 30.5 Å². The van der Waals surface area contributed by atoms with E-state index < -0.39 is 0 Å². The molecule has 3 aromatic rings. The zero-order valence-corrected chi connectivity index (χ0v) is 16.7. The first-order valence-electron chi connectivity index (χ1n) is 9.57. The van der Waals surface area contributed by atoms with Crippen LogP contribution in [-0.4, -0.2) is 40.8 Å². The molecule has 0 bridgehead atoms. The van der Waals surface area contributed by atoms with Gasteiger partial charge in [-0.2, -0.15) is 9.61 Å². The fraction of sp³-hybridized carbons (Fsp3) is 0.286. The van der Waals surface area contributed by atoms with Gasteiger partial charge in [-0.1, -0.05) is 13.0 Å². The quantitative estimate of drug-likeness (QED) is 0.541. The first-order chi connectivity index (χ1) is 14.6. The molecular weight excluding hydrogens is 384 g/mol. The van der Waals surface area contributed by atoms with Gasteiger partial charge in [-0.05, 0) is 12.1 Å². The van der Waals surface area contributed by atoms with Crippen molar-refractivity contribution < 1.29 is 14.3 Å². The number of carbonyl (C=O) groups is 1. The standard InChI is InChI=1S/C21H22N6O3/c1-4-13(2)10-19(28)25-15-12-23-27-18(22-3)11-17(26-21(15)27)24-14-6-5-7-16-20(14)30-9-8-29-16/h1,5-7,11-13,22H,8-10H2,2-3H3,(H,24,26)(H,25,28)/t13-/m0/s1. The van der Waals surface area contributed by atoms with Crippen LogP contribution in [0.15, 0.2) is 30.5 Å². The van der Waals surface area contributed by atoms with Crippen molar-refractivity contribution in [1.82, 2.24) is 14.6 Å². The molecule has 154 valence electrons. The molecule has 0 fully saturated rings. The van der Waals surface area contributed by atoms with Gasteiger partial charge in [0.2, 0.25) is 5.91 Å². The Morgan fingerprint density at radius 2 is 2.17 bits per heavy atom. The van der Waals surface area contributed by atoms with E-state index in [0.717, 1.165) is 5.69 Å². The molecule has 3 N–H and O–H groups in total. The molecule has 0 unspecified atom stereocenters. The number of terminal acetylenes is 1. The molecule has 1 aliphatic rings. The molecule has 0 aliphatic carbocycles. The Labute approximate surface area is 173 Å². The fourth-order valence-electron chi connectivity index (χ4n) is 3.14. The lowest BCUT2D eigenvalue weighted by molar-refractivity contribution is -0.116. The van der Waals surface area contributed by atoms with Crippen LogP contribution in [0.3, 0.4) is 0 Å². The van der Waals surface area contributed by atoms with E-state index in [9.17, 15) is 4.79 Å². The highest BCUT2D eigenvalue weighted by Crippen LogP contribution is 2.38. The van der Waals surface area contributed by atoms with Crippen LogP contribution in [0.1, 0.15) is 13.3 Å². The van der Waals surface area contributed by atoms with E-state index in [-0.39, 0.29) is 18.2 Å². The number of anilines is 4. The number of ether oxygens (including phenoxy) is 2. The topological polar surface area (TPSA) is 102 Å². The van der Waals surface area contributed by atoms with Crippen LogP contribution in [0.2, 0.25) is 0 Å². The Bertz CT molecular complexity index is 1130. The van der Waals surface area contributed by atoms with E-state index in [4.69, 9.17) is 15.9 Å². The number of rotatable bonds is 6. The molecule has 1 amide bonds. The number of carbonyl (C=O) groups excluding carboxylic acids is 1. The Morgan fingerprint density at radius 3 is 2.97 bits per heavy atom. The number of hydrogen-bond acceptors (Lipinski definition) is 7. The summed E-state index contributed by atoms with van der Waals surface area (Å²) in [5.41, 5.74) is 1.73. The third kappa shape index (κ3) is 3.80. The van der Waals surface area contributed by atoms with Gasteiger partial charge in [-0.25, -0.2) is 4.98 Å². The Balaban J connectivity index is 1.67. The van der Waals surface area contributed by atoms with Crippen LogP contribution in [0.25, 0.3) is 5.65 Å². The van der Waals surface area contributed by atoms with E-state index >= 15 is 0 Å². The molecule has 0 saturated heterocycles. The average molecular weight is 406 g/mol. The lowest BCUT2D eigenvalue weighted by atomic mass is 10.1. The summed E-state index contributed by atoms with van der Waals surface area (Å²) in [5.74, 6) is 4.78. The number of fused-ring (bicyclic) bond motifs is 2. The molecule has 0 spiro atoms. The Hall–Kier alpha value is -3.93. The largest absolute Gasteiger partial charge is 0.486 e. The summed E-state index contributed by atoms with van der Waals surface area (Å²) in [5, 5.41) is 13.5. The van der Waals surface area contributed by atoms with Crippen LogP contribution >= 0.6 is 0 Å². The predicted octanol–water partition coefficient (Wildman–Crippen LogP) is 2.88. The summed E-state index contributed by atoms with van der Waals surface area (Å²) in [6.07, 6.45) is 7.15. The second kappa shape index (κ2) is 8.21. The third-order valence-electron chi connectivity index (χ3n) is 4.61. The number of aromatic nitrogens is 3. The minimum atomic E-state index is -0.191. The van der Waals surface area contributed by atoms with Gasteiger partial charge in [0, 0.05) is 25.5 Å². The molecule has 9 heteroatoms. The van der Waals surface area contributed by atoms with Crippen molar-refractivity contribution in [1.29, 1.82) is 0 Å². The van der Waals surface area contributed by atoms with E-state index in [1.807, 2.05) is 31.2 Å². The van der Waals surface area contributed by atoms with E-state index in [2.05, 4.69) is 32.0 Å².